The van der Waals surface area contributed by atoms with E-state index in [9.17, 15) is 39.0 Å². The molecule has 0 aliphatic carbocycles. The van der Waals surface area contributed by atoms with Crippen molar-refractivity contribution in [2.24, 2.45) is 5.73 Å². The van der Waals surface area contributed by atoms with Crippen molar-refractivity contribution in [1.29, 1.82) is 0 Å². The molecule has 0 radical (unpaired) electrons. The first-order chi connectivity index (χ1) is 26.3. The van der Waals surface area contributed by atoms with Crippen molar-refractivity contribution in [3.63, 3.8) is 0 Å². The van der Waals surface area contributed by atoms with Crippen molar-refractivity contribution in [2.75, 3.05) is 6.54 Å². The average molecular weight is 872 g/mol. The van der Waals surface area contributed by atoms with Crippen molar-refractivity contribution in [3.05, 3.63) is 100 Å². The molecule has 300 valence electrons. The van der Waals surface area contributed by atoms with Crippen LogP contribution in [0.5, 0.6) is 5.75 Å². The average Bonchev–Trinajstić information content (AvgIpc) is 3.15. The standard InChI is InChI=1S/C39H47BrN6O8S2/c1-38(2)31(45-33(49)27(41)18-23-12-16-26(47)17-13-23)35(51)42-21-30(48)43-28(19-24-10-14-25(40)15-11-24)34(50)46-32(39(3,4)56-55-38)36(52)44-29(37(53)54)20-22-8-6-5-7-9-22/h5-17,27-29,31-32,47H,18-21,41H2,1-4H3,(H,42,51)(H,43,48)(H,44,52)(H,45,49)(H,46,50)(H,53,54)/t27-,28-,29-,31?,32+/m0/s1. The highest BCUT2D eigenvalue weighted by Crippen LogP contribution is 2.46. The van der Waals surface area contributed by atoms with Gasteiger partial charge >= 0.3 is 5.97 Å². The third-order valence-electron chi connectivity index (χ3n) is 9.01. The summed E-state index contributed by atoms with van der Waals surface area (Å²) in [6.45, 7) is 6.23. The van der Waals surface area contributed by atoms with Crippen LogP contribution in [0, 0.1) is 0 Å². The molecule has 5 atom stereocenters. The predicted molar refractivity (Wildman–Crippen MR) is 219 cm³/mol. The van der Waals surface area contributed by atoms with Crippen LogP contribution in [0.15, 0.2) is 83.3 Å². The molecule has 0 spiro atoms. The summed E-state index contributed by atoms with van der Waals surface area (Å²) in [6, 6.07) is 15.8. The smallest absolute Gasteiger partial charge is 0.326 e. The molecule has 1 unspecified atom stereocenters. The fourth-order valence-corrected chi connectivity index (χ4v) is 8.86. The zero-order valence-corrected chi connectivity index (χ0v) is 34.6. The Kier molecular flexibility index (Phi) is 15.4. The van der Waals surface area contributed by atoms with E-state index in [0.717, 1.165) is 26.1 Å². The summed E-state index contributed by atoms with van der Waals surface area (Å²) in [7, 11) is 2.32. The number of carboxylic acids is 1. The molecule has 3 aromatic carbocycles. The number of nitrogens with one attached hydrogen (secondary N) is 5. The van der Waals surface area contributed by atoms with Crippen molar-refractivity contribution in [2.45, 2.75) is 86.7 Å². The highest BCUT2D eigenvalue weighted by molar-refractivity contribution is 9.10. The second kappa shape index (κ2) is 19.5. The number of phenols is 1. The maximum absolute atomic E-state index is 14.2. The van der Waals surface area contributed by atoms with Crippen LogP contribution in [0.3, 0.4) is 0 Å². The first kappa shape index (κ1) is 44.1. The molecule has 1 saturated heterocycles. The number of rotatable bonds is 11. The first-order valence-electron chi connectivity index (χ1n) is 17.7. The zero-order chi connectivity index (χ0) is 41.2. The topological polar surface area (TPSA) is 229 Å². The molecule has 0 bridgehead atoms. The quantitative estimate of drug-likeness (QED) is 0.131. The Morgan fingerprint density at radius 1 is 0.839 bits per heavy atom. The molecule has 1 heterocycles. The molecule has 0 saturated carbocycles. The minimum Gasteiger partial charge on any atom is -0.508 e. The van der Waals surface area contributed by atoms with Crippen molar-refractivity contribution in [3.8, 4) is 5.75 Å². The molecule has 5 amide bonds. The molecule has 17 heteroatoms. The number of phenolic OH excluding ortho intramolecular Hbond substituents is 1. The van der Waals surface area contributed by atoms with Gasteiger partial charge in [0, 0.05) is 26.8 Å². The number of benzene rings is 3. The van der Waals surface area contributed by atoms with Crippen LogP contribution in [-0.2, 0) is 48.0 Å². The zero-order valence-electron chi connectivity index (χ0n) is 31.3. The molecule has 3 aromatic rings. The van der Waals surface area contributed by atoms with E-state index in [1.54, 1.807) is 94.4 Å². The number of carboxylic acid groups (broad SMARTS) is 1. The van der Waals surface area contributed by atoms with Crippen molar-refractivity contribution in [1.82, 2.24) is 26.6 Å². The molecule has 9 N–H and O–H groups in total. The number of halogens is 1. The predicted octanol–water partition coefficient (Wildman–Crippen LogP) is 2.60. The number of aromatic hydroxyl groups is 1. The van der Waals surface area contributed by atoms with Gasteiger partial charge in [0.2, 0.25) is 29.5 Å². The summed E-state index contributed by atoms with van der Waals surface area (Å²) in [5, 5.41) is 33.1. The van der Waals surface area contributed by atoms with E-state index >= 15 is 0 Å². The van der Waals surface area contributed by atoms with Crippen LogP contribution >= 0.6 is 37.5 Å². The summed E-state index contributed by atoms with van der Waals surface area (Å²) in [6.07, 6.45) is 0.105. The number of hydrogen-bond donors (Lipinski definition) is 8. The summed E-state index contributed by atoms with van der Waals surface area (Å²) in [5.74, 6) is -4.74. The Balaban J connectivity index is 1.67. The second-order valence-corrected chi connectivity index (χ2v) is 18.8. The van der Waals surface area contributed by atoms with Gasteiger partial charge in [-0.1, -0.05) is 92.1 Å². The lowest BCUT2D eigenvalue weighted by Crippen LogP contribution is -2.63. The van der Waals surface area contributed by atoms with Crippen LogP contribution in [0.1, 0.15) is 44.4 Å². The minimum atomic E-state index is -1.35. The highest BCUT2D eigenvalue weighted by atomic mass is 79.9. The van der Waals surface area contributed by atoms with E-state index in [-0.39, 0.29) is 25.0 Å². The number of carbonyl (C=O) groups excluding carboxylic acids is 5. The molecule has 4 rings (SSSR count). The highest BCUT2D eigenvalue weighted by Gasteiger charge is 2.45. The van der Waals surface area contributed by atoms with Gasteiger partial charge in [0.15, 0.2) is 0 Å². The Labute approximate surface area is 341 Å². The number of amides is 5. The Bertz CT molecular complexity index is 1880. The molecule has 56 heavy (non-hydrogen) atoms. The molecule has 1 aliphatic heterocycles. The van der Waals surface area contributed by atoms with E-state index in [2.05, 4.69) is 42.5 Å². The number of hydrogen-bond acceptors (Lipinski definition) is 10. The Hall–Kier alpha value is -4.58. The number of aliphatic carboxylic acids is 1. The van der Waals surface area contributed by atoms with E-state index in [4.69, 9.17) is 5.73 Å². The second-order valence-electron chi connectivity index (χ2n) is 14.5. The van der Waals surface area contributed by atoms with Crippen molar-refractivity contribution < 1.29 is 39.0 Å². The molecule has 0 aromatic heterocycles. The van der Waals surface area contributed by atoms with Crippen molar-refractivity contribution >= 4 is 73.0 Å². The number of carbonyl (C=O) groups is 6. The van der Waals surface area contributed by atoms with Crippen LogP contribution in [0.2, 0.25) is 0 Å². The van der Waals surface area contributed by atoms with Gasteiger partial charge in [0.1, 0.15) is 29.9 Å². The molecule has 1 fully saturated rings. The fraction of sp³-hybridized carbons (Fsp3) is 0.385. The fourth-order valence-electron chi connectivity index (χ4n) is 5.78. The van der Waals surface area contributed by atoms with Gasteiger partial charge in [-0.2, -0.15) is 0 Å². The molecule has 14 nitrogen and oxygen atoms in total. The van der Waals surface area contributed by atoms with Crippen LogP contribution in [0.25, 0.3) is 0 Å². The maximum atomic E-state index is 14.2. The Morgan fingerprint density at radius 3 is 2.05 bits per heavy atom. The number of nitrogens with two attached hydrogens (primary N) is 1. The van der Waals surface area contributed by atoms with Gasteiger partial charge in [0.25, 0.3) is 0 Å². The third-order valence-corrected chi connectivity index (χ3v) is 13.8. The van der Waals surface area contributed by atoms with Crippen LogP contribution < -0.4 is 32.3 Å². The monoisotopic (exact) mass is 870 g/mol. The summed E-state index contributed by atoms with van der Waals surface area (Å²) >= 11 is 3.39. The van der Waals surface area contributed by atoms with Crippen LogP contribution in [0.4, 0.5) is 0 Å². The van der Waals surface area contributed by atoms with E-state index < -0.39 is 81.8 Å². The molecule has 1 aliphatic rings. The van der Waals surface area contributed by atoms with E-state index in [1.807, 2.05) is 0 Å². The summed E-state index contributed by atoms with van der Waals surface area (Å²) < 4.78 is -1.51. The van der Waals surface area contributed by atoms with Gasteiger partial charge < -0.3 is 42.5 Å². The summed E-state index contributed by atoms with van der Waals surface area (Å²) in [5.41, 5.74) is 8.30. The van der Waals surface area contributed by atoms with Gasteiger partial charge in [-0.15, -0.1) is 0 Å². The third kappa shape index (κ3) is 12.7. The van der Waals surface area contributed by atoms with Crippen LogP contribution in [-0.4, -0.2) is 92.0 Å². The van der Waals surface area contributed by atoms with Gasteiger partial charge in [-0.05, 0) is 75.1 Å². The van der Waals surface area contributed by atoms with E-state index in [0.29, 0.717) is 16.7 Å². The van der Waals surface area contributed by atoms with Gasteiger partial charge in [0.05, 0.1) is 12.6 Å². The first-order valence-corrected chi connectivity index (χ1v) is 20.7. The maximum Gasteiger partial charge on any atom is 0.326 e. The lowest BCUT2D eigenvalue weighted by Gasteiger charge is -2.39. The summed E-state index contributed by atoms with van der Waals surface area (Å²) in [4.78, 5) is 81.3. The Morgan fingerprint density at radius 2 is 1.43 bits per heavy atom. The SMILES string of the molecule is CC1(C)SSC(C)(C)[C@@H](C(=O)N[C@@H](Cc2ccccc2)C(=O)O)NC(=O)[C@H](Cc2ccc(Br)cc2)NC(=O)CNC(=O)C1NC(=O)[C@@H](N)Cc1ccc(O)cc1. The molecular weight excluding hydrogens is 825 g/mol. The lowest BCUT2D eigenvalue weighted by atomic mass is 9.99. The van der Waals surface area contributed by atoms with E-state index in [1.165, 1.54) is 12.1 Å². The van der Waals surface area contributed by atoms with Gasteiger partial charge in [-0.25, -0.2) is 4.79 Å². The molecular formula is C39H47BrN6O8S2. The van der Waals surface area contributed by atoms with Gasteiger partial charge in [-0.3, -0.25) is 24.0 Å². The minimum absolute atomic E-state index is 0.0197. The lowest BCUT2D eigenvalue weighted by molar-refractivity contribution is -0.142. The largest absolute Gasteiger partial charge is 0.508 e. The normalized spacial score (nSPS) is 21.2.